The van der Waals surface area contributed by atoms with Crippen LogP contribution in [0.1, 0.15) is 46.5 Å². The van der Waals surface area contributed by atoms with Gasteiger partial charge in [-0.1, -0.05) is 61.0 Å². The van der Waals surface area contributed by atoms with E-state index in [1.165, 1.54) is 0 Å². The lowest BCUT2D eigenvalue weighted by Crippen LogP contribution is -2.41. The number of ether oxygens (including phenoxy) is 1. The second kappa shape index (κ2) is 15.2. The molecule has 8 heteroatoms. The van der Waals surface area contributed by atoms with E-state index in [1.54, 1.807) is 29.6 Å². The van der Waals surface area contributed by atoms with Crippen LogP contribution >= 0.6 is 35.1 Å². The Balaban J connectivity index is 1.90. The minimum absolute atomic E-state index is 0.128. The first-order valence-electron chi connectivity index (χ1n) is 12.5. The number of carboxylic acids is 1. The molecule has 0 bridgehead atoms. The summed E-state index contributed by atoms with van der Waals surface area (Å²) in [5, 5.41) is 13.0. The van der Waals surface area contributed by atoms with E-state index in [2.05, 4.69) is 12.2 Å². The molecule has 2 atom stereocenters. The molecule has 0 aliphatic rings. The van der Waals surface area contributed by atoms with Crippen LogP contribution in [0.2, 0.25) is 5.02 Å². The van der Waals surface area contributed by atoms with Gasteiger partial charge in [0.25, 0.3) is 5.91 Å². The molecule has 0 aliphatic carbocycles. The molecule has 0 heterocycles. The Bertz CT molecular complexity index is 1240. The molecule has 202 valence electrons. The Morgan fingerprint density at radius 3 is 2.53 bits per heavy atom. The van der Waals surface area contributed by atoms with E-state index >= 15 is 0 Å². The molecule has 0 aliphatic heterocycles. The number of hydrogen-bond donors (Lipinski definition) is 2. The molecule has 0 spiro atoms. The first-order chi connectivity index (χ1) is 18.3. The molecule has 0 saturated heterocycles. The smallest absolute Gasteiger partial charge is 0.326 e. The Kier molecular flexibility index (Phi) is 12.1. The summed E-state index contributed by atoms with van der Waals surface area (Å²) < 4.78 is 6.37. The van der Waals surface area contributed by atoms with Gasteiger partial charge in [-0.05, 0) is 83.2 Å². The van der Waals surface area contributed by atoms with Gasteiger partial charge in [0.15, 0.2) is 0 Å². The molecule has 0 fully saturated rings. The molecule has 5 nitrogen and oxygen atoms in total. The summed E-state index contributed by atoms with van der Waals surface area (Å²) in [4.78, 5) is 25.1. The summed E-state index contributed by atoms with van der Waals surface area (Å²) in [6, 6.07) is 20.2. The Morgan fingerprint density at radius 2 is 1.84 bits per heavy atom. The van der Waals surface area contributed by atoms with Gasteiger partial charge in [0, 0.05) is 16.3 Å². The largest absolute Gasteiger partial charge is 0.480 e. The molecular formula is C30H34ClNO4S2. The molecule has 3 aromatic carbocycles. The molecule has 0 aromatic heterocycles. The normalized spacial score (nSPS) is 12.6. The van der Waals surface area contributed by atoms with Gasteiger partial charge in [-0.2, -0.15) is 23.5 Å². The molecule has 2 N–H and O–H groups in total. The van der Waals surface area contributed by atoms with Crippen LogP contribution in [-0.4, -0.2) is 46.5 Å². The maximum absolute atomic E-state index is 13.3. The minimum Gasteiger partial charge on any atom is -0.480 e. The molecule has 0 radical (unpaired) electrons. The van der Waals surface area contributed by atoms with Crippen LogP contribution < -0.4 is 5.32 Å². The molecule has 38 heavy (non-hydrogen) atoms. The summed E-state index contributed by atoms with van der Waals surface area (Å²) in [6.07, 6.45) is 2.14. The zero-order chi connectivity index (χ0) is 27.5. The molecule has 0 saturated carbocycles. The molecule has 1 amide bonds. The van der Waals surface area contributed by atoms with E-state index in [0.717, 1.165) is 39.3 Å². The quantitative estimate of drug-likeness (QED) is 0.212. The van der Waals surface area contributed by atoms with Gasteiger partial charge in [-0.15, -0.1) is 0 Å². The summed E-state index contributed by atoms with van der Waals surface area (Å²) in [5.41, 5.74) is 5.07. The minimum atomic E-state index is -1.04. The highest BCUT2D eigenvalue weighted by atomic mass is 35.5. The predicted octanol–water partition coefficient (Wildman–Crippen LogP) is 7.26. The predicted molar refractivity (Wildman–Crippen MR) is 160 cm³/mol. The highest BCUT2D eigenvalue weighted by Crippen LogP contribution is 2.30. The summed E-state index contributed by atoms with van der Waals surface area (Å²) in [7, 11) is 0. The highest BCUT2D eigenvalue weighted by molar-refractivity contribution is 7.99. The lowest BCUT2D eigenvalue weighted by molar-refractivity contribution is -0.139. The number of rotatable bonds is 14. The summed E-state index contributed by atoms with van der Waals surface area (Å²) in [5.74, 6) is 0.986. The number of aryl methyl sites for hydroxylation is 1. The fraction of sp³-hybridized carbons (Fsp3) is 0.333. The van der Waals surface area contributed by atoms with E-state index in [1.807, 2.05) is 73.8 Å². The number of thioether (sulfide) groups is 2. The van der Waals surface area contributed by atoms with Crippen LogP contribution in [0.25, 0.3) is 11.1 Å². The number of carboxylic acid groups (broad SMARTS) is 1. The van der Waals surface area contributed by atoms with Crippen molar-refractivity contribution in [1.29, 1.82) is 0 Å². The third-order valence-electron chi connectivity index (χ3n) is 6.12. The topological polar surface area (TPSA) is 75.6 Å². The molecule has 3 aromatic rings. The number of aliphatic carboxylic acids is 1. The summed E-state index contributed by atoms with van der Waals surface area (Å²) >= 11 is 9.59. The Morgan fingerprint density at radius 1 is 1.05 bits per heavy atom. The molecule has 2 unspecified atom stereocenters. The van der Waals surface area contributed by atoms with Gasteiger partial charge < -0.3 is 15.2 Å². The zero-order valence-corrected chi connectivity index (χ0v) is 24.3. The van der Waals surface area contributed by atoms with Crippen LogP contribution in [0.15, 0.2) is 66.7 Å². The number of benzene rings is 3. The SMILES string of the molecule is CCSCC(OCc1ccc(C(=O)NC(CCSC)C(=O)O)c(-c2ccccc2C)c1)c1cccc(Cl)c1. The monoisotopic (exact) mass is 571 g/mol. The Hall–Kier alpha value is -2.45. The molecule has 3 rings (SSSR count). The van der Waals surface area contributed by atoms with Crippen molar-refractivity contribution < 1.29 is 19.4 Å². The van der Waals surface area contributed by atoms with Gasteiger partial charge in [0.05, 0.1) is 12.7 Å². The lowest BCUT2D eigenvalue weighted by atomic mass is 9.93. The fourth-order valence-electron chi connectivity index (χ4n) is 4.08. The van der Waals surface area contributed by atoms with Crippen LogP contribution in [0.3, 0.4) is 0 Å². The van der Waals surface area contributed by atoms with Crippen LogP contribution in [0, 0.1) is 6.92 Å². The van der Waals surface area contributed by atoms with Gasteiger partial charge in [-0.25, -0.2) is 4.79 Å². The highest BCUT2D eigenvalue weighted by Gasteiger charge is 2.23. The van der Waals surface area contributed by atoms with Crippen molar-refractivity contribution in [1.82, 2.24) is 5.32 Å². The first kappa shape index (κ1) is 30.1. The second-order valence-corrected chi connectivity index (χ2v) is 11.6. The fourth-order valence-corrected chi connectivity index (χ4v) is 5.48. The van der Waals surface area contributed by atoms with E-state index < -0.39 is 17.9 Å². The van der Waals surface area contributed by atoms with Crippen molar-refractivity contribution in [3.05, 3.63) is 94.0 Å². The van der Waals surface area contributed by atoms with Gasteiger partial charge >= 0.3 is 5.97 Å². The van der Waals surface area contributed by atoms with E-state index in [0.29, 0.717) is 29.4 Å². The zero-order valence-electron chi connectivity index (χ0n) is 21.9. The lowest BCUT2D eigenvalue weighted by Gasteiger charge is -2.20. The van der Waals surface area contributed by atoms with Crippen molar-refractivity contribution in [3.63, 3.8) is 0 Å². The van der Waals surface area contributed by atoms with Crippen molar-refractivity contribution >= 4 is 47.0 Å². The first-order valence-corrected chi connectivity index (χ1v) is 15.4. The summed E-state index contributed by atoms with van der Waals surface area (Å²) in [6.45, 7) is 4.47. The van der Waals surface area contributed by atoms with E-state index in [-0.39, 0.29) is 6.10 Å². The van der Waals surface area contributed by atoms with Crippen LogP contribution in [0.4, 0.5) is 0 Å². The maximum atomic E-state index is 13.3. The third kappa shape index (κ3) is 8.53. The second-order valence-electron chi connectivity index (χ2n) is 8.85. The van der Waals surface area contributed by atoms with Crippen molar-refractivity contribution in [3.8, 4) is 11.1 Å². The van der Waals surface area contributed by atoms with Crippen molar-refractivity contribution in [2.45, 2.75) is 39.0 Å². The third-order valence-corrected chi connectivity index (χ3v) is 7.95. The van der Waals surface area contributed by atoms with Gasteiger partial charge in [0.1, 0.15) is 6.04 Å². The van der Waals surface area contributed by atoms with Gasteiger partial charge in [-0.3, -0.25) is 4.79 Å². The number of nitrogens with one attached hydrogen (secondary N) is 1. The average Bonchev–Trinajstić information content (AvgIpc) is 2.91. The maximum Gasteiger partial charge on any atom is 0.326 e. The van der Waals surface area contributed by atoms with E-state index in [9.17, 15) is 14.7 Å². The van der Waals surface area contributed by atoms with Crippen molar-refractivity contribution in [2.24, 2.45) is 0 Å². The van der Waals surface area contributed by atoms with Gasteiger partial charge in [0.2, 0.25) is 0 Å². The number of halogens is 1. The number of hydrogen-bond acceptors (Lipinski definition) is 5. The van der Waals surface area contributed by atoms with Crippen LogP contribution in [-0.2, 0) is 16.1 Å². The standard InChI is InChI=1S/C30H34ClNO4S2/c1-4-38-19-28(22-9-7-10-23(31)17-22)36-18-21-12-13-25(26(16-21)24-11-6-5-8-20(24)2)29(33)32-27(30(34)35)14-15-37-3/h5-13,16-17,27-28H,4,14-15,18-19H2,1-3H3,(H,32,33)(H,34,35). The number of carbonyl (C=O) groups excluding carboxylic acids is 1. The van der Waals surface area contributed by atoms with E-state index in [4.69, 9.17) is 16.3 Å². The van der Waals surface area contributed by atoms with Crippen LogP contribution in [0.5, 0.6) is 0 Å². The number of carbonyl (C=O) groups is 2. The Labute approximate surface area is 238 Å². The van der Waals surface area contributed by atoms with Crippen molar-refractivity contribution in [2.75, 3.05) is 23.5 Å². The molecular weight excluding hydrogens is 538 g/mol. The average molecular weight is 572 g/mol. The number of amides is 1.